The van der Waals surface area contributed by atoms with Crippen molar-refractivity contribution in [2.75, 3.05) is 18.1 Å². The number of nitrogens with two attached hydrogens (primary N) is 1. The molecule has 4 nitrogen and oxygen atoms in total. The van der Waals surface area contributed by atoms with Crippen LogP contribution in [0.25, 0.3) is 0 Å². The summed E-state index contributed by atoms with van der Waals surface area (Å²) in [6.07, 6.45) is 1.99. The minimum absolute atomic E-state index is 0.119. The molecule has 0 heterocycles. The second kappa shape index (κ2) is 6.17. The average molecular weight is 296 g/mol. The number of rotatable bonds is 6. The van der Waals surface area contributed by atoms with Crippen molar-refractivity contribution in [1.29, 1.82) is 0 Å². The van der Waals surface area contributed by atoms with Crippen LogP contribution >= 0.6 is 12.2 Å². The number of hydrogen-bond acceptors (Lipinski definition) is 4. The molecule has 0 aliphatic heterocycles. The van der Waals surface area contributed by atoms with Gasteiger partial charge in [-0.25, -0.2) is 4.39 Å². The Kier molecular flexibility index (Phi) is 4.54. The zero-order valence-electron chi connectivity index (χ0n) is 11.3. The van der Waals surface area contributed by atoms with Crippen LogP contribution in [0, 0.1) is 5.82 Å². The molecule has 0 amide bonds. The molecule has 1 saturated carbocycles. The third-order valence-electron chi connectivity index (χ3n) is 3.13. The lowest BCUT2D eigenvalue weighted by Gasteiger charge is -2.25. The van der Waals surface area contributed by atoms with Gasteiger partial charge in [0.05, 0.1) is 6.61 Å². The molecule has 0 spiro atoms. The van der Waals surface area contributed by atoms with E-state index in [-0.39, 0.29) is 23.5 Å². The normalized spacial score (nSPS) is 13.9. The molecule has 6 heteroatoms. The maximum atomic E-state index is 13.3. The van der Waals surface area contributed by atoms with E-state index in [1.54, 1.807) is 13.0 Å². The van der Waals surface area contributed by atoms with Gasteiger partial charge in [0.25, 0.3) is 0 Å². The molecule has 0 saturated heterocycles. The molecule has 1 aliphatic carbocycles. The van der Waals surface area contributed by atoms with E-state index in [9.17, 15) is 9.18 Å². The van der Waals surface area contributed by atoms with Crippen molar-refractivity contribution in [3.8, 4) is 0 Å². The maximum absolute atomic E-state index is 13.3. The van der Waals surface area contributed by atoms with Gasteiger partial charge in [0.15, 0.2) is 0 Å². The van der Waals surface area contributed by atoms with Crippen LogP contribution in [0.3, 0.4) is 0 Å². The Labute approximate surface area is 122 Å². The van der Waals surface area contributed by atoms with Crippen molar-refractivity contribution < 1.29 is 13.9 Å². The van der Waals surface area contributed by atoms with E-state index in [1.807, 2.05) is 4.90 Å². The zero-order chi connectivity index (χ0) is 14.7. The van der Waals surface area contributed by atoms with E-state index < -0.39 is 5.82 Å². The van der Waals surface area contributed by atoms with Gasteiger partial charge in [-0.1, -0.05) is 12.2 Å². The molecule has 2 rings (SSSR count). The fourth-order valence-corrected chi connectivity index (χ4v) is 2.26. The molecule has 1 aromatic rings. The molecule has 0 aromatic heterocycles. The number of thiocarbonyl (C=S) groups is 1. The third kappa shape index (κ3) is 3.45. The van der Waals surface area contributed by atoms with Gasteiger partial charge in [-0.2, -0.15) is 0 Å². The van der Waals surface area contributed by atoms with Gasteiger partial charge in [0.2, 0.25) is 0 Å². The quantitative estimate of drug-likeness (QED) is 0.643. The van der Waals surface area contributed by atoms with Gasteiger partial charge in [-0.05, 0) is 38.0 Å². The number of carbonyl (C=O) groups excluding carboxylic acids is 1. The van der Waals surface area contributed by atoms with E-state index in [2.05, 4.69) is 0 Å². The van der Waals surface area contributed by atoms with Crippen LogP contribution < -0.4 is 10.6 Å². The molecular weight excluding hydrogens is 279 g/mol. The first-order valence-electron chi connectivity index (χ1n) is 6.54. The zero-order valence-corrected chi connectivity index (χ0v) is 12.1. The molecule has 0 atom stereocenters. The summed E-state index contributed by atoms with van der Waals surface area (Å²) in [6, 6.07) is 4.52. The van der Waals surface area contributed by atoms with Crippen molar-refractivity contribution in [3.05, 3.63) is 29.6 Å². The fourth-order valence-electron chi connectivity index (χ4n) is 2.10. The van der Waals surface area contributed by atoms with Crippen LogP contribution in [0.2, 0.25) is 0 Å². The Morgan fingerprint density at radius 3 is 2.80 bits per heavy atom. The summed E-state index contributed by atoms with van der Waals surface area (Å²) in [4.78, 5) is 13.7. The molecule has 1 fully saturated rings. The van der Waals surface area contributed by atoms with Crippen LogP contribution in [0.5, 0.6) is 0 Å². The lowest BCUT2D eigenvalue weighted by atomic mass is 10.1. The number of nitrogens with zero attached hydrogens (tertiary/aromatic N) is 1. The van der Waals surface area contributed by atoms with Gasteiger partial charge in [0.1, 0.15) is 17.4 Å². The van der Waals surface area contributed by atoms with E-state index in [4.69, 9.17) is 22.7 Å². The maximum Gasteiger partial charge on any atom is 0.325 e. The highest BCUT2D eigenvalue weighted by atomic mass is 32.1. The van der Waals surface area contributed by atoms with Crippen LogP contribution in [0.15, 0.2) is 18.2 Å². The Morgan fingerprint density at radius 1 is 1.55 bits per heavy atom. The highest BCUT2D eigenvalue weighted by Gasteiger charge is 2.32. The molecule has 0 radical (unpaired) electrons. The summed E-state index contributed by atoms with van der Waals surface area (Å²) in [5.74, 6) is -0.707. The summed E-state index contributed by atoms with van der Waals surface area (Å²) < 4.78 is 18.3. The summed E-state index contributed by atoms with van der Waals surface area (Å²) in [6.45, 7) is 2.22. The highest BCUT2D eigenvalue weighted by Crippen LogP contribution is 2.33. The predicted molar refractivity (Wildman–Crippen MR) is 79.3 cm³/mol. The van der Waals surface area contributed by atoms with E-state index in [0.29, 0.717) is 17.9 Å². The highest BCUT2D eigenvalue weighted by molar-refractivity contribution is 7.80. The lowest BCUT2D eigenvalue weighted by molar-refractivity contribution is -0.141. The Morgan fingerprint density at radius 2 is 2.25 bits per heavy atom. The summed E-state index contributed by atoms with van der Waals surface area (Å²) in [5.41, 5.74) is 6.80. The summed E-state index contributed by atoms with van der Waals surface area (Å²) in [7, 11) is 0. The Bertz CT molecular complexity index is 532. The molecular formula is C14H17FN2O2S. The van der Waals surface area contributed by atoms with E-state index in [0.717, 1.165) is 12.8 Å². The van der Waals surface area contributed by atoms with E-state index in [1.165, 1.54) is 12.1 Å². The number of carbonyl (C=O) groups is 1. The van der Waals surface area contributed by atoms with Crippen molar-refractivity contribution in [2.24, 2.45) is 5.73 Å². The predicted octanol–water partition coefficient (Wildman–Crippen LogP) is 1.99. The van der Waals surface area contributed by atoms with Gasteiger partial charge in [-0.15, -0.1) is 0 Å². The Balaban J connectivity index is 2.29. The smallest absolute Gasteiger partial charge is 0.325 e. The van der Waals surface area contributed by atoms with Crippen molar-refractivity contribution in [1.82, 2.24) is 0 Å². The molecule has 108 valence electrons. The standard InChI is InChI=1S/C14H17FN2O2S/c1-2-19-13(18)8-17(10-4-5-10)12-6-3-9(15)7-11(12)14(16)20/h3,6-7,10H,2,4-5,8H2,1H3,(H2,16,20). The van der Waals surface area contributed by atoms with Crippen molar-refractivity contribution in [2.45, 2.75) is 25.8 Å². The van der Waals surface area contributed by atoms with Crippen molar-refractivity contribution >= 4 is 28.9 Å². The van der Waals surface area contributed by atoms with Crippen LogP contribution in [0.4, 0.5) is 10.1 Å². The SMILES string of the molecule is CCOC(=O)CN(c1ccc(F)cc1C(N)=S)C1CC1. The van der Waals surface area contributed by atoms with Crippen LogP contribution in [-0.4, -0.2) is 30.2 Å². The minimum Gasteiger partial charge on any atom is -0.465 e. The minimum atomic E-state index is -0.400. The second-order valence-corrected chi connectivity index (χ2v) is 5.13. The molecule has 1 aromatic carbocycles. The molecule has 2 N–H and O–H groups in total. The van der Waals surface area contributed by atoms with Gasteiger partial charge < -0.3 is 15.4 Å². The number of halogens is 1. The number of ether oxygens (including phenoxy) is 1. The van der Waals surface area contributed by atoms with Crippen LogP contribution in [-0.2, 0) is 9.53 Å². The summed E-state index contributed by atoms with van der Waals surface area (Å²) >= 11 is 4.97. The summed E-state index contributed by atoms with van der Waals surface area (Å²) in [5, 5.41) is 0. The number of anilines is 1. The fraction of sp³-hybridized carbons (Fsp3) is 0.429. The molecule has 0 bridgehead atoms. The number of hydrogen-bond donors (Lipinski definition) is 1. The first-order chi connectivity index (χ1) is 9.52. The third-order valence-corrected chi connectivity index (χ3v) is 3.35. The number of esters is 1. The molecule has 0 unspecified atom stereocenters. The van der Waals surface area contributed by atoms with Gasteiger partial charge in [0, 0.05) is 17.3 Å². The lowest BCUT2D eigenvalue weighted by Crippen LogP contribution is -2.34. The van der Waals surface area contributed by atoms with Gasteiger partial charge >= 0.3 is 5.97 Å². The largest absolute Gasteiger partial charge is 0.465 e. The van der Waals surface area contributed by atoms with Crippen molar-refractivity contribution in [3.63, 3.8) is 0 Å². The second-order valence-electron chi connectivity index (χ2n) is 4.69. The Hall–Kier alpha value is -1.69. The topological polar surface area (TPSA) is 55.6 Å². The molecule has 20 heavy (non-hydrogen) atoms. The monoisotopic (exact) mass is 296 g/mol. The van der Waals surface area contributed by atoms with Crippen LogP contribution in [0.1, 0.15) is 25.3 Å². The molecule has 1 aliphatic rings. The van der Waals surface area contributed by atoms with E-state index >= 15 is 0 Å². The number of benzene rings is 1. The first-order valence-corrected chi connectivity index (χ1v) is 6.95. The van der Waals surface area contributed by atoms with Gasteiger partial charge in [-0.3, -0.25) is 4.79 Å². The average Bonchev–Trinajstić information content (AvgIpc) is 3.20. The first kappa shape index (κ1) is 14.7.